The zero-order valence-electron chi connectivity index (χ0n) is 11.4. The van der Waals surface area contributed by atoms with E-state index < -0.39 is 0 Å². The zero-order valence-corrected chi connectivity index (χ0v) is 11.4. The van der Waals surface area contributed by atoms with Gasteiger partial charge in [0.15, 0.2) is 0 Å². The number of nitrogens with zero attached hydrogens (tertiary/aromatic N) is 1. The van der Waals surface area contributed by atoms with Gasteiger partial charge < -0.3 is 14.8 Å². The molecule has 4 nitrogen and oxygen atoms in total. The average Bonchev–Trinajstić information content (AvgIpc) is 2.45. The smallest absolute Gasteiger partial charge is 0.134 e. The number of pyridine rings is 1. The molecule has 4 heteroatoms. The second-order valence-electron chi connectivity index (χ2n) is 4.36. The summed E-state index contributed by atoms with van der Waals surface area (Å²) in [6.07, 6.45) is 1.79. The molecule has 0 bridgehead atoms. The zero-order chi connectivity index (χ0) is 13.5. The highest BCUT2D eigenvalue weighted by atomic mass is 16.5. The van der Waals surface area contributed by atoms with E-state index in [1.165, 1.54) is 0 Å². The van der Waals surface area contributed by atoms with Crippen molar-refractivity contribution in [1.82, 2.24) is 10.3 Å². The Morgan fingerprint density at radius 1 is 1.32 bits per heavy atom. The predicted molar refractivity (Wildman–Crippen MR) is 76.6 cm³/mol. The highest BCUT2D eigenvalue weighted by Gasteiger charge is 2.10. The maximum Gasteiger partial charge on any atom is 0.134 e. The summed E-state index contributed by atoms with van der Waals surface area (Å²) in [5.41, 5.74) is 0.944. The molecule has 1 atom stereocenters. The fraction of sp³-hybridized carbons (Fsp3) is 0.400. The number of hydrogen-bond acceptors (Lipinski definition) is 4. The lowest BCUT2D eigenvalue weighted by molar-refractivity contribution is 0.0810. The Kier molecular flexibility index (Phi) is 5.12. The molecule has 1 aromatic carbocycles. The molecule has 0 saturated carbocycles. The van der Waals surface area contributed by atoms with Gasteiger partial charge in [-0.1, -0.05) is 13.0 Å². The van der Waals surface area contributed by atoms with E-state index in [9.17, 15) is 0 Å². The lowest BCUT2D eigenvalue weighted by atomic mass is 10.2. The van der Waals surface area contributed by atoms with Crippen molar-refractivity contribution >= 4 is 10.9 Å². The van der Waals surface area contributed by atoms with Crippen LogP contribution in [0, 0.1) is 0 Å². The number of rotatable bonds is 7. The van der Waals surface area contributed by atoms with Crippen molar-refractivity contribution in [3.05, 3.63) is 36.5 Å². The molecular weight excluding hydrogens is 240 g/mol. The number of hydrogen-bond donors (Lipinski definition) is 1. The molecular formula is C15H20N2O2. The largest absolute Gasteiger partial charge is 0.487 e. The Labute approximate surface area is 113 Å². The second-order valence-corrected chi connectivity index (χ2v) is 4.36. The fourth-order valence-corrected chi connectivity index (χ4v) is 1.94. The summed E-state index contributed by atoms with van der Waals surface area (Å²) in [6.45, 7) is 4.32. The number of nitrogens with one attached hydrogen (secondary N) is 1. The van der Waals surface area contributed by atoms with Gasteiger partial charge in [0.2, 0.25) is 0 Å². The molecule has 1 aromatic heterocycles. The summed E-state index contributed by atoms with van der Waals surface area (Å²) in [5, 5.41) is 4.39. The SMILES string of the molecule is CCNCC(COC)Oc1ccc2cccnc2c1. The van der Waals surface area contributed by atoms with Crippen LogP contribution in [0.3, 0.4) is 0 Å². The molecule has 1 N–H and O–H groups in total. The number of benzene rings is 1. The summed E-state index contributed by atoms with van der Waals surface area (Å²) >= 11 is 0. The van der Waals surface area contributed by atoms with Crippen LogP contribution >= 0.6 is 0 Å². The standard InChI is InChI=1S/C15H20N2O2/c1-3-16-10-14(11-18-2)19-13-7-6-12-5-4-8-17-15(12)9-13/h4-9,14,16H,3,10-11H2,1-2H3. The molecule has 102 valence electrons. The minimum Gasteiger partial charge on any atom is -0.487 e. The molecule has 0 spiro atoms. The second kappa shape index (κ2) is 7.07. The maximum atomic E-state index is 5.94. The van der Waals surface area contributed by atoms with Crippen molar-refractivity contribution < 1.29 is 9.47 Å². The fourth-order valence-electron chi connectivity index (χ4n) is 1.94. The highest BCUT2D eigenvalue weighted by Crippen LogP contribution is 2.19. The minimum atomic E-state index is 0.00566. The minimum absolute atomic E-state index is 0.00566. The molecule has 0 fully saturated rings. The first-order valence-electron chi connectivity index (χ1n) is 6.54. The van der Waals surface area contributed by atoms with Crippen molar-refractivity contribution in [1.29, 1.82) is 0 Å². The third-order valence-corrected chi connectivity index (χ3v) is 2.85. The van der Waals surface area contributed by atoms with E-state index in [4.69, 9.17) is 9.47 Å². The van der Waals surface area contributed by atoms with Gasteiger partial charge in [0.05, 0.1) is 12.1 Å². The van der Waals surface area contributed by atoms with Gasteiger partial charge in [-0.3, -0.25) is 4.98 Å². The number of ether oxygens (including phenoxy) is 2. The van der Waals surface area contributed by atoms with Gasteiger partial charge in [-0.2, -0.15) is 0 Å². The monoisotopic (exact) mass is 260 g/mol. The number of fused-ring (bicyclic) bond motifs is 1. The molecule has 2 rings (SSSR count). The quantitative estimate of drug-likeness (QED) is 0.829. The molecule has 2 aromatic rings. The number of methoxy groups -OCH3 is 1. The van der Waals surface area contributed by atoms with E-state index in [1.54, 1.807) is 13.3 Å². The van der Waals surface area contributed by atoms with Crippen molar-refractivity contribution in [2.75, 3.05) is 26.8 Å². The van der Waals surface area contributed by atoms with Gasteiger partial charge in [0.25, 0.3) is 0 Å². The Hall–Kier alpha value is -1.65. The van der Waals surface area contributed by atoms with Crippen LogP contribution in [0.1, 0.15) is 6.92 Å². The molecule has 0 radical (unpaired) electrons. The van der Waals surface area contributed by atoms with Gasteiger partial charge >= 0.3 is 0 Å². The number of likely N-dealkylation sites (N-methyl/N-ethyl adjacent to an activating group) is 1. The van der Waals surface area contributed by atoms with Gasteiger partial charge in [-0.05, 0) is 24.7 Å². The topological polar surface area (TPSA) is 43.4 Å². The summed E-state index contributed by atoms with van der Waals surface area (Å²) in [5.74, 6) is 0.825. The van der Waals surface area contributed by atoms with Crippen LogP contribution in [-0.4, -0.2) is 37.9 Å². The molecule has 0 saturated heterocycles. The third-order valence-electron chi connectivity index (χ3n) is 2.85. The summed E-state index contributed by atoms with van der Waals surface area (Å²) < 4.78 is 11.1. The summed E-state index contributed by atoms with van der Waals surface area (Å²) in [7, 11) is 1.68. The van der Waals surface area contributed by atoms with Crippen molar-refractivity contribution in [3.8, 4) is 5.75 Å². The van der Waals surface area contributed by atoms with E-state index in [0.29, 0.717) is 6.61 Å². The average molecular weight is 260 g/mol. The predicted octanol–water partition coefficient (Wildman–Crippen LogP) is 2.24. The van der Waals surface area contributed by atoms with Crippen molar-refractivity contribution in [3.63, 3.8) is 0 Å². The van der Waals surface area contributed by atoms with Gasteiger partial charge in [-0.25, -0.2) is 0 Å². The number of aromatic nitrogens is 1. The maximum absolute atomic E-state index is 5.94. The van der Waals surface area contributed by atoms with Crippen molar-refractivity contribution in [2.45, 2.75) is 13.0 Å². The first kappa shape index (κ1) is 13.8. The molecule has 0 aliphatic heterocycles. The molecule has 19 heavy (non-hydrogen) atoms. The Morgan fingerprint density at radius 3 is 3.00 bits per heavy atom. The lowest BCUT2D eigenvalue weighted by Crippen LogP contribution is -2.34. The van der Waals surface area contributed by atoms with Crippen LogP contribution in [-0.2, 0) is 4.74 Å². The van der Waals surface area contributed by atoms with Gasteiger partial charge in [0.1, 0.15) is 11.9 Å². The normalized spacial score (nSPS) is 12.5. The third kappa shape index (κ3) is 3.91. The van der Waals surface area contributed by atoms with E-state index >= 15 is 0 Å². The van der Waals surface area contributed by atoms with Crippen LogP contribution in [0.5, 0.6) is 5.75 Å². The molecule has 0 amide bonds. The van der Waals surface area contributed by atoms with E-state index in [0.717, 1.165) is 29.7 Å². The van der Waals surface area contributed by atoms with Crippen LogP contribution in [0.15, 0.2) is 36.5 Å². The first-order chi connectivity index (χ1) is 9.33. The van der Waals surface area contributed by atoms with Gasteiger partial charge in [-0.15, -0.1) is 0 Å². The summed E-state index contributed by atoms with van der Waals surface area (Å²) in [4.78, 5) is 4.33. The molecule has 1 heterocycles. The summed E-state index contributed by atoms with van der Waals surface area (Å²) in [6, 6.07) is 9.93. The molecule has 0 aliphatic carbocycles. The van der Waals surface area contributed by atoms with Crippen LogP contribution in [0.2, 0.25) is 0 Å². The van der Waals surface area contributed by atoms with Crippen LogP contribution < -0.4 is 10.1 Å². The first-order valence-corrected chi connectivity index (χ1v) is 6.54. The Bertz CT molecular complexity index is 516. The van der Waals surface area contributed by atoms with Crippen molar-refractivity contribution in [2.24, 2.45) is 0 Å². The van der Waals surface area contributed by atoms with Crippen LogP contribution in [0.25, 0.3) is 10.9 Å². The van der Waals surface area contributed by atoms with Gasteiger partial charge in [0, 0.05) is 31.3 Å². The van der Waals surface area contributed by atoms with E-state index in [-0.39, 0.29) is 6.10 Å². The van der Waals surface area contributed by atoms with E-state index in [2.05, 4.69) is 17.2 Å². The van der Waals surface area contributed by atoms with E-state index in [1.807, 2.05) is 30.3 Å². The Balaban J connectivity index is 2.09. The van der Waals surface area contributed by atoms with Crippen LogP contribution in [0.4, 0.5) is 0 Å². The highest BCUT2D eigenvalue weighted by molar-refractivity contribution is 5.79. The molecule has 0 aliphatic rings. The molecule has 1 unspecified atom stereocenters. The Morgan fingerprint density at radius 2 is 2.21 bits per heavy atom. The lowest BCUT2D eigenvalue weighted by Gasteiger charge is -2.18.